The average molecular weight is 348 g/mol. The first kappa shape index (κ1) is 14.2. The quantitative estimate of drug-likeness (QED) is 0.450. The Morgan fingerprint density at radius 2 is 2.06 bits per heavy atom. The van der Waals surface area contributed by atoms with E-state index in [1.807, 2.05) is 0 Å². The molecule has 1 aromatic rings. The number of carbonyl (C=O) groups excluding carboxylic acids is 1. The highest BCUT2D eigenvalue weighted by Gasteiger charge is 2.04. The number of aromatic nitrogens is 1. The number of nitrogens with one attached hydrogen (secondary N) is 2. The van der Waals surface area contributed by atoms with Gasteiger partial charge in [0.2, 0.25) is 5.56 Å². The Kier molecular flexibility index (Phi) is 6.91. The van der Waals surface area contributed by atoms with Crippen LogP contribution in [0.1, 0.15) is 36.0 Å². The summed E-state index contributed by atoms with van der Waals surface area (Å²) in [6.07, 6.45) is 6.06. The zero-order valence-electron chi connectivity index (χ0n) is 9.67. The summed E-state index contributed by atoms with van der Waals surface area (Å²) >= 11 is 2.37. The van der Waals surface area contributed by atoms with Crippen molar-refractivity contribution in [2.24, 2.45) is 0 Å². The third-order valence-electron chi connectivity index (χ3n) is 2.38. The van der Waals surface area contributed by atoms with Crippen LogP contribution in [0.25, 0.3) is 0 Å². The number of H-pyrrole nitrogens is 1. The van der Waals surface area contributed by atoms with Crippen molar-refractivity contribution >= 4 is 28.5 Å². The predicted molar refractivity (Wildman–Crippen MR) is 76.8 cm³/mol. The highest BCUT2D eigenvalue weighted by Crippen LogP contribution is 2.01. The number of halogens is 1. The van der Waals surface area contributed by atoms with E-state index >= 15 is 0 Å². The van der Waals surface area contributed by atoms with Crippen molar-refractivity contribution in [3.05, 3.63) is 34.2 Å². The van der Waals surface area contributed by atoms with Gasteiger partial charge in [0.25, 0.3) is 5.91 Å². The smallest absolute Gasteiger partial charge is 0.251 e. The summed E-state index contributed by atoms with van der Waals surface area (Å²) in [5.41, 5.74) is 0.167. The lowest BCUT2D eigenvalue weighted by atomic mass is 10.2. The second-order valence-corrected chi connectivity index (χ2v) is 4.88. The summed E-state index contributed by atoms with van der Waals surface area (Å²) in [4.78, 5) is 25.1. The number of unbranched alkanes of at least 4 members (excludes halogenated alkanes) is 3. The van der Waals surface area contributed by atoms with Gasteiger partial charge in [-0.25, -0.2) is 0 Å². The molecule has 5 heteroatoms. The van der Waals surface area contributed by atoms with Crippen LogP contribution in [-0.2, 0) is 0 Å². The topological polar surface area (TPSA) is 62.0 Å². The van der Waals surface area contributed by atoms with Gasteiger partial charge in [0.15, 0.2) is 0 Å². The molecule has 0 fully saturated rings. The fraction of sp³-hybridized carbons (Fsp3) is 0.500. The Morgan fingerprint density at radius 3 is 2.76 bits per heavy atom. The Bertz CT molecular complexity index is 403. The molecule has 0 aromatic carbocycles. The number of alkyl halides is 1. The minimum Gasteiger partial charge on any atom is -0.352 e. The maximum absolute atomic E-state index is 11.6. The van der Waals surface area contributed by atoms with Crippen LogP contribution in [0.4, 0.5) is 0 Å². The molecule has 17 heavy (non-hydrogen) atoms. The molecular weight excluding hydrogens is 331 g/mol. The summed E-state index contributed by atoms with van der Waals surface area (Å²) in [5, 5.41) is 2.81. The van der Waals surface area contributed by atoms with Crippen LogP contribution in [-0.4, -0.2) is 21.9 Å². The van der Waals surface area contributed by atoms with E-state index in [9.17, 15) is 9.59 Å². The van der Waals surface area contributed by atoms with Gasteiger partial charge in [-0.1, -0.05) is 35.4 Å². The van der Waals surface area contributed by atoms with Crippen molar-refractivity contribution in [3.63, 3.8) is 0 Å². The van der Waals surface area contributed by atoms with E-state index in [-0.39, 0.29) is 11.5 Å². The minimum atomic E-state index is -0.250. The number of rotatable bonds is 7. The van der Waals surface area contributed by atoms with E-state index in [1.165, 1.54) is 29.5 Å². The lowest BCUT2D eigenvalue weighted by Gasteiger charge is -2.04. The molecule has 0 aliphatic carbocycles. The number of carbonyl (C=O) groups is 1. The molecule has 0 saturated carbocycles. The van der Waals surface area contributed by atoms with Gasteiger partial charge in [0.05, 0.1) is 0 Å². The van der Waals surface area contributed by atoms with Crippen LogP contribution >= 0.6 is 22.6 Å². The highest BCUT2D eigenvalue weighted by atomic mass is 127. The van der Waals surface area contributed by atoms with Crippen LogP contribution < -0.4 is 10.9 Å². The van der Waals surface area contributed by atoms with E-state index in [0.29, 0.717) is 12.1 Å². The van der Waals surface area contributed by atoms with Gasteiger partial charge in [-0.05, 0) is 23.3 Å². The minimum absolute atomic E-state index is 0.176. The van der Waals surface area contributed by atoms with Crippen LogP contribution in [0.3, 0.4) is 0 Å². The van der Waals surface area contributed by atoms with Gasteiger partial charge in [-0.3, -0.25) is 9.59 Å². The van der Waals surface area contributed by atoms with Gasteiger partial charge in [0, 0.05) is 24.4 Å². The fourth-order valence-corrected chi connectivity index (χ4v) is 2.00. The Hall–Kier alpha value is -0.850. The molecule has 1 aromatic heterocycles. The van der Waals surface area contributed by atoms with E-state index in [0.717, 1.165) is 12.8 Å². The number of hydrogen-bond donors (Lipinski definition) is 2. The van der Waals surface area contributed by atoms with Crippen LogP contribution in [0.2, 0.25) is 0 Å². The molecule has 1 heterocycles. The van der Waals surface area contributed by atoms with Crippen LogP contribution in [0.5, 0.6) is 0 Å². The standard InChI is InChI=1S/C12H17IN2O2/c13-6-3-1-2-4-7-15-12(17)10-5-8-14-11(16)9-10/h5,8-9H,1-4,6-7H2,(H,14,16)(H,15,17). The van der Waals surface area contributed by atoms with Crippen LogP contribution in [0, 0.1) is 0 Å². The van der Waals surface area contributed by atoms with Gasteiger partial charge >= 0.3 is 0 Å². The third kappa shape index (κ3) is 5.86. The Labute approximate surface area is 114 Å². The summed E-state index contributed by atoms with van der Waals surface area (Å²) in [5.74, 6) is -0.176. The Morgan fingerprint density at radius 1 is 1.29 bits per heavy atom. The number of hydrogen-bond acceptors (Lipinski definition) is 2. The van der Waals surface area contributed by atoms with E-state index < -0.39 is 0 Å². The zero-order valence-corrected chi connectivity index (χ0v) is 11.8. The van der Waals surface area contributed by atoms with E-state index in [2.05, 4.69) is 32.9 Å². The Balaban J connectivity index is 2.24. The second-order valence-electron chi connectivity index (χ2n) is 3.80. The summed E-state index contributed by atoms with van der Waals surface area (Å²) in [6.45, 7) is 0.673. The van der Waals surface area contributed by atoms with Gasteiger partial charge < -0.3 is 10.3 Å². The monoisotopic (exact) mass is 348 g/mol. The molecule has 94 valence electrons. The predicted octanol–water partition coefficient (Wildman–Crippen LogP) is 2.10. The van der Waals surface area contributed by atoms with Gasteiger partial charge in [-0.2, -0.15) is 0 Å². The first-order valence-electron chi connectivity index (χ1n) is 5.77. The summed E-state index contributed by atoms with van der Waals surface area (Å²) in [6, 6.07) is 2.91. The van der Waals surface area contributed by atoms with Crippen molar-refractivity contribution in [2.75, 3.05) is 11.0 Å². The molecule has 0 aliphatic heterocycles. The van der Waals surface area contributed by atoms with Crippen LogP contribution in [0.15, 0.2) is 23.1 Å². The van der Waals surface area contributed by atoms with Crippen molar-refractivity contribution in [1.82, 2.24) is 10.3 Å². The molecule has 2 N–H and O–H groups in total. The van der Waals surface area contributed by atoms with E-state index in [4.69, 9.17) is 0 Å². The van der Waals surface area contributed by atoms with Crippen molar-refractivity contribution in [1.29, 1.82) is 0 Å². The maximum atomic E-state index is 11.6. The highest BCUT2D eigenvalue weighted by molar-refractivity contribution is 14.1. The van der Waals surface area contributed by atoms with Gasteiger partial charge in [0.1, 0.15) is 0 Å². The molecule has 0 spiro atoms. The molecule has 0 bridgehead atoms. The molecule has 0 unspecified atom stereocenters. The normalized spacial score (nSPS) is 10.2. The summed E-state index contributed by atoms with van der Waals surface area (Å²) < 4.78 is 1.19. The number of pyridine rings is 1. The molecule has 1 amide bonds. The van der Waals surface area contributed by atoms with Crippen molar-refractivity contribution < 1.29 is 4.79 Å². The molecule has 4 nitrogen and oxygen atoms in total. The lowest BCUT2D eigenvalue weighted by molar-refractivity contribution is 0.0952. The largest absolute Gasteiger partial charge is 0.352 e. The average Bonchev–Trinajstić information content (AvgIpc) is 2.33. The second kappa shape index (κ2) is 8.27. The molecular formula is C12H17IN2O2. The molecule has 0 radical (unpaired) electrons. The fourth-order valence-electron chi connectivity index (χ4n) is 1.46. The molecule has 0 aliphatic rings. The number of amides is 1. The van der Waals surface area contributed by atoms with Crippen molar-refractivity contribution in [3.8, 4) is 0 Å². The first-order chi connectivity index (χ1) is 8.24. The maximum Gasteiger partial charge on any atom is 0.251 e. The number of aromatic amines is 1. The molecule has 0 saturated heterocycles. The third-order valence-corrected chi connectivity index (χ3v) is 3.15. The lowest BCUT2D eigenvalue weighted by Crippen LogP contribution is -2.25. The van der Waals surface area contributed by atoms with E-state index in [1.54, 1.807) is 6.07 Å². The summed E-state index contributed by atoms with van der Waals surface area (Å²) in [7, 11) is 0. The molecule has 0 atom stereocenters. The first-order valence-corrected chi connectivity index (χ1v) is 7.29. The molecule has 1 rings (SSSR count). The van der Waals surface area contributed by atoms with Gasteiger partial charge in [-0.15, -0.1) is 0 Å². The SMILES string of the molecule is O=C(NCCCCCCI)c1cc[nH]c(=O)c1. The zero-order chi connectivity index (χ0) is 12.5. The van der Waals surface area contributed by atoms with Crippen molar-refractivity contribution in [2.45, 2.75) is 25.7 Å².